The van der Waals surface area contributed by atoms with Crippen LogP contribution in [0.15, 0.2) is 0 Å². The van der Waals surface area contributed by atoms with Crippen molar-refractivity contribution in [2.75, 3.05) is 31.6 Å². The maximum absolute atomic E-state index is 11.5. The zero-order chi connectivity index (χ0) is 21.0. The third-order valence-corrected chi connectivity index (χ3v) is 5.84. The number of carbonyl (C=O) groups is 4. The first kappa shape index (κ1) is 25.1. The molecule has 0 fully saturated rings. The van der Waals surface area contributed by atoms with Gasteiger partial charge in [-0.15, -0.1) is 0 Å². The molecule has 1 amide bonds. The summed E-state index contributed by atoms with van der Waals surface area (Å²) in [5.41, 5.74) is 0. The summed E-state index contributed by atoms with van der Waals surface area (Å²) in [6.45, 7) is -1.18. The molecule has 13 heteroatoms. The third kappa shape index (κ3) is 13.9. The Bertz CT molecular complexity index is 620. The molecule has 0 radical (unpaired) electrons. The molecule has 1 atom stereocenters. The molecule has 11 nitrogen and oxygen atoms in total. The summed E-state index contributed by atoms with van der Waals surface area (Å²) in [5, 5.41) is 29.4. The van der Waals surface area contributed by atoms with Crippen LogP contribution in [-0.4, -0.2) is 90.1 Å². The van der Waals surface area contributed by atoms with Gasteiger partial charge >= 0.3 is 17.9 Å². The van der Waals surface area contributed by atoms with Crippen molar-refractivity contribution in [1.82, 2.24) is 10.2 Å². The molecule has 0 aromatic carbocycles. The van der Waals surface area contributed by atoms with E-state index in [-0.39, 0.29) is 31.0 Å². The number of hydrogen-bond acceptors (Lipinski definition) is 8. The quantitative estimate of drug-likeness (QED) is 0.191. The lowest BCUT2D eigenvalue weighted by Crippen LogP contribution is -2.46. The van der Waals surface area contributed by atoms with Gasteiger partial charge in [0.1, 0.15) is 6.04 Å². The highest BCUT2D eigenvalue weighted by Crippen LogP contribution is 2.11. The van der Waals surface area contributed by atoms with Crippen LogP contribution in [0.5, 0.6) is 0 Å². The number of amides is 1. The predicted molar refractivity (Wildman–Crippen MR) is 97.0 cm³/mol. The Labute approximate surface area is 160 Å². The molecule has 0 aliphatic rings. The molecule has 0 aliphatic carbocycles. The summed E-state index contributed by atoms with van der Waals surface area (Å²) < 4.78 is 21.9. The van der Waals surface area contributed by atoms with Crippen LogP contribution in [-0.2, 0) is 28.0 Å². The average molecular weight is 428 g/mol. The van der Waals surface area contributed by atoms with Gasteiger partial charge in [0, 0.05) is 25.0 Å². The summed E-state index contributed by atoms with van der Waals surface area (Å²) in [6.07, 6.45) is 1.83. The van der Waals surface area contributed by atoms with E-state index in [9.17, 15) is 32.7 Å². The lowest BCUT2D eigenvalue weighted by atomic mass is 10.1. The summed E-state index contributed by atoms with van der Waals surface area (Å²) >= 11 is 0. The molecule has 0 unspecified atom stereocenters. The van der Waals surface area contributed by atoms with Gasteiger partial charge in [0.2, 0.25) is 5.91 Å². The van der Waals surface area contributed by atoms with Crippen molar-refractivity contribution in [2.45, 2.75) is 31.7 Å². The molecule has 0 aromatic heterocycles. The molecular formula is C14H24N2O9S2. The number of aliphatic carboxylic acids is 3. The Hall–Kier alpha value is -1.86. The van der Waals surface area contributed by atoms with Gasteiger partial charge in [-0.25, -0.2) is 8.42 Å². The maximum atomic E-state index is 11.5. The zero-order valence-electron chi connectivity index (χ0n) is 14.8. The van der Waals surface area contributed by atoms with E-state index in [1.165, 1.54) is 0 Å². The smallest absolute Gasteiger partial charge is 0.320 e. The second kappa shape index (κ2) is 12.5. The highest BCUT2D eigenvalue weighted by Gasteiger charge is 2.28. The molecule has 0 aromatic rings. The van der Waals surface area contributed by atoms with Crippen molar-refractivity contribution in [3.05, 3.63) is 0 Å². The normalized spacial score (nSPS) is 12.5. The average Bonchev–Trinajstić information content (AvgIpc) is 2.47. The molecule has 4 N–H and O–H groups in total. The lowest BCUT2D eigenvalue weighted by Gasteiger charge is -2.25. The van der Waals surface area contributed by atoms with Crippen molar-refractivity contribution in [3.63, 3.8) is 0 Å². The van der Waals surface area contributed by atoms with Crippen molar-refractivity contribution in [2.24, 2.45) is 0 Å². The van der Waals surface area contributed by atoms with E-state index in [2.05, 4.69) is 5.32 Å². The molecule has 0 spiro atoms. The topological polar surface area (TPSA) is 178 Å². The number of rotatable bonds is 15. The Morgan fingerprint density at radius 3 is 2.04 bits per heavy atom. The highest BCUT2D eigenvalue weighted by molar-refractivity contribution is 8.71. The summed E-state index contributed by atoms with van der Waals surface area (Å²) in [7, 11) is -2.53. The van der Waals surface area contributed by atoms with Gasteiger partial charge in [0.05, 0.1) is 13.1 Å². The van der Waals surface area contributed by atoms with E-state index < -0.39 is 45.9 Å². The minimum atomic E-state index is -3.20. The standard InChI is InChI=1S/C14H24N2O9S2/c1-27(24,25)26-7-5-11(17)15-6-3-2-4-10(14(22)23)16(8-12(18)19)9-13(20)21/h10H,2-9H2,1H3,(H,15,17)(H,18,19)(H,20,21)(H,22,23)/t10-/m1/s1. The van der Waals surface area contributed by atoms with Gasteiger partial charge in [-0.1, -0.05) is 0 Å². The fraction of sp³-hybridized carbons (Fsp3) is 0.714. The van der Waals surface area contributed by atoms with E-state index in [1.807, 2.05) is 0 Å². The second-order valence-corrected chi connectivity index (χ2v) is 10.2. The lowest BCUT2D eigenvalue weighted by molar-refractivity contribution is -0.149. The van der Waals surface area contributed by atoms with Gasteiger partial charge in [-0.2, -0.15) is 0 Å². The Kier molecular flexibility index (Phi) is 11.7. The number of hydrogen-bond donors (Lipinski definition) is 4. The van der Waals surface area contributed by atoms with Crippen LogP contribution in [0.4, 0.5) is 0 Å². The van der Waals surface area contributed by atoms with Crippen molar-refractivity contribution >= 4 is 43.5 Å². The first-order valence-electron chi connectivity index (χ1n) is 7.94. The Balaban J connectivity index is 4.31. The highest BCUT2D eigenvalue weighted by atomic mass is 33.1. The van der Waals surface area contributed by atoms with Crippen LogP contribution in [0.3, 0.4) is 0 Å². The largest absolute Gasteiger partial charge is 0.480 e. The summed E-state index contributed by atoms with van der Waals surface area (Å²) in [6, 6.07) is -1.26. The van der Waals surface area contributed by atoms with Gasteiger partial charge in [0.25, 0.3) is 0 Å². The molecule has 27 heavy (non-hydrogen) atoms. The van der Waals surface area contributed by atoms with E-state index in [4.69, 9.17) is 10.2 Å². The maximum Gasteiger partial charge on any atom is 0.320 e. The molecular weight excluding hydrogens is 404 g/mol. The van der Waals surface area contributed by atoms with Crippen LogP contribution in [0.1, 0.15) is 25.7 Å². The molecule has 156 valence electrons. The second-order valence-electron chi connectivity index (χ2n) is 5.67. The number of carbonyl (C=O) groups excluding carboxylic acids is 1. The number of nitrogens with one attached hydrogen (secondary N) is 1. The molecule has 0 saturated heterocycles. The Morgan fingerprint density at radius 2 is 1.59 bits per heavy atom. The van der Waals surface area contributed by atoms with Crippen LogP contribution in [0.25, 0.3) is 0 Å². The fourth-order valence-electron chi connectivity index (χ4n) is 2.15. The summed E-state index contributed by atoms with van der Waals surface area (Å²) in [5.74, 6) is -4.19. The molecule has 0 bridgehead atoms. The molecule has 0 aliphatic heterocycles. The van der Waals surface area contributed by atoms with Crippen molar-refractivity contribution in [1.29, 1.82) is 0 Å². The summed E-state index contributed by atoms with van der Waals surface area (Å²) in [4.78, 5) is 45.3. The first-order valence-corrected chi connectivity index (χ1v) is 11.3. The minimum absolute atomic E-state index is 0.0235. The zero-order valence-corrected chi connectivity index (χ0v) is 16.4. The van der Waals surface area contributed by atoms with Gasteiger partial charge in [-0.3, -0.25) is 24.1 Å². The van der Waals surface area contributed by atoms with E-state index >= 15 is 0 Å². The number of carboxylic acids is 3. The van der Waals surface area contributed by atoms with Crippen molar-refractivity contribution in [3.8, 4) is 0 Å². The van der Waals surface area contributed by atoms with Crippen LogP contribution in [0, 0.1) is 0 Å². The van der Waals surface area contributed by atoms with Crippen molar-refractivity contribution < 1.29 is 42.9 Å². The Morgan fingerprint density at radius 1 is 1.04 bits per heavy atom. The number of nitrogens with zero attached hydrogens (tertiary/aromatic N) is 1. The SMILES string of the molecule is CS(=O)(=O)SCCC(=O)NCCCC[C@H](C(=O)O)N(CC(=O)O)CC(=O)O. The predicted octanol–water partition coefficient (Wildman–Crippen LogP) is -0.720. The first-order chi connectivity index (χ1) is 12.4. The third-order valence-electron chi connectivity index (χ3n) is 3.26. The van der Waals surface area contributed by atoms with Gasteiger partial charge in [-0.05, 0) is 30.1 Å². The van der Waals surface area contributed by atoms with E-state index in [0.29, 0.717) is 23.6 Å². The van der Waals surface area contributed by atoms with E-state index in [1.54, 1.807) is 0 Å². The van der Waals surface area contributed by atoms with Gasteiger partial charge < -0.3 is 20.6 Å². The monoisotopic (exact) mass is 428 g/mol. The molecule has 0 heterocycles. The number of unbranched alkanes of at least 4 members (excludes halogenated alkanes) is 1. The van der Waals surface area contributed by atoms with Crippen LogP contribution in [0.2, 0.25) is 0 Å². The number of carboxylic acid groups (broad SMARTS) is 3. The van der Waals surface area contributed by atoms with Crippen LogP contribution >= 0.6 is 10.8 Å². The molecule has 0 rings (SSSR count). The molecule has 0 saturated carbocycles. The fourth-order valence-corrected chi connectivity index (χ4v) is 3.88. The van der Waals surface area contributed by atoms with E-state index in [0.717, 1.165) is 11.2 Å². The minimum Gasteiger partial charge on any atom is -0.480 e. The van der Waals surface area contributed by atoms with Gasteiger partial charge in [0.15, 0.2) is 8.87 Å². The van der Waals surface area contributed by atoms with Crippen LogP contribution < -0.4 is 5.32 Å².